The van der Waals surface area contributed by atoms with Crippen LogP contribution in [0.2, 0.25) is 0 Å². The van der Waals surface area contributed by atoms with E-state index in [0.717, 1.165) is 28.0 Å². The zero-order valence-electron chi connectivity index (χ0n) is 7.07. The molecular weight excluding hydrogens is 184 g/mol. The topological polar surface area (TPSA) is 45.8 Å². The summed E-state index contributed by atoms with van der Waals surface area (Å²) in [6.07, 6.45) is 2.63. The third kappa shape index (κ3) is 1.40. The van der Waals surface area contributed by atoms with Crippen LogP contribution in [0, 0.1) is 6.92 Å². The first kappa shape index (κ1) is 8.19. The first-order chi connectivity index (χ1) is 6.31. The number of aromatic nitrogens is 2. The van der Waals surface area contributed by atoms with Crippen LogP contribution in [0.15, 0.2) is 17.6 Å². The second kappa shape index (κ2) is 3.14. The number of rotatable bonds is 2. The van der Waals surface area contributed by atoms with Gasteiger partial charge in [-0.05, 0) is 13.0 Å². The number of H-pyrrole nitrogens is 1. The van der Waals surface area contributed by atoms with Crippen molar-refractivity contribution in [1.82, 2.24) is 10.2 Å². The molecule has 0 fully saturated rings. The molecule has 2 heterocycles. The van der Waals surface area contributed by atoms with Crippen LogP contribution in [0.25, 0.3) is 10.4 Å². The number of nitrogens with zero attached hydrogens (tertiary/aromatic N) is 1. The molecule has 2 aromatic rings. The van der Waals surface area contributed by atoms with Crippen LogP contribution >= 0.6 is 11.3 Å². The lowest BCUT2D eigenvalue weighted by Crippen LogP contribution is -1.74. The number of hydrogen-bond donors (Lipinski definition) is 1. The van der Waals surface area contributed by atoms with Crippen LogP contribution < -0.4 is 0 Å². The summed E-state index contributed by atoms with van der Waals surface area (Å²) in [7, 11) is 0. The van der Waals surface area contributed by atoms with Crippen molar-refractivity contribution in [3.63, 3.8) is 0 Å². The number of carbonyl (C=O) groups is 1. The number of hydrogen-bond acceptors (Lipinski definition) is 3. The van der Waals surface area contributed by atoms with E-state index < -0.39 is 0 Å². The maximum absolute atomic E-state index is 10.5. The molecule has 4 heteroatoms. The molecule has 0 unspecified atom stereocenters. The highest BCUT2D eigenvalue weighted by atomic mass is 32.1. The fraction of sp³-hybridized carbons (Fsp3) is 0.111. The van der Waals surface area contributed by atoms with E-state index in [4.69, 9.17) is 0 Å². The lowest BCUT2D eigenvalue weighted by atomic mass is 10.2. The smallest absolute Gasteiger partial charge is 0.150 e. The Morgan fingerprint density at radius 2 is 2.46 bits per heavy atom. The maximum atomic E-state index is 10.5. The summed E-state index contributed by atoms with van der Waals surface area (Å²) in [6, 6.07) is 1.87. The summed E-state index contributed by atoms with van der Waals surface area (Å²) in [6.45, 7) is 1.96. The average molecular weight is 192 g/mol. The molecule has 0 spiro atoms. The van der Waals surface area contributed by atoms with E-state index in [2.05, 4.69) is 10.2 Å². The lowest BCUT2D eigenvalue weighted by Gasteiger charge is -1.90. The van der Waals surface area contributed by atoms with E-state index in [1.54, 1.807) is 17.5 Å². The third-order valence-corrected chi connectivity index (χ3v) is 2.83. The number of carbonyl (C=O) groups excluding carboxylic acids is 1. The van der Waals surface area contributed by atoms with Crippen molar-refractivity contribution >= 4 is 17.6 Å². The molecule has 0 aliphatic carbocycles. The van der Waals surface area contributed by atoms with Gasteiger partial charge in [0.15, 0.2) is 6.29 Å². The molecule has 0 bridgehead atoms. The van der Waals surface area contributed by atoms with Gasteiger partial charge in [-0.2, -0.15) is 5.10 Å². The minimum absolute atomic E-state index is 0.723. The lowest BCUT2D eigenvalue weighted by molar-refractivity contribution is 0.112. The van der Waals surface area contributed by atoms with E-state index >= 15 is 0 Å². The Bertz CT molecular complexity index is 430. The molecule has 1 N–H and O–H groups in total. The molecule has 0 atom stereocenters. The van der Waals surface area contributed by atoms with Crippen molar-refractivity contribution in [2.24, 2.45) is 0 Å². The van der Waals surface area contributed by atoms with Gasteiger partial charge >= 0.3 is 0 Å². The van der Waals surface area contributed by atoms with Crippen LogP contribution in [0.5, 0.6) is 0 Å². The van der Waals surface area contributed by atoms with Crippen molar-refractivity contribution in [3.05, 3.63) is 28.9 Å². The Hall–Kier alpha value is -1.42. The Balaban J connectivity index is 2.46. The van der Waals surface area contributed by atoms with Crippen molar-refractivity contribution in [1.29, 1.82) is 0 Å². The minimum Gasteiger partial charge on any atom is -0.298 e. The van der Waals surface area contributed by atoms with E-state index in [-0.39, 0.29) is 0 Å². The van der Waals surface area contributed by atoms with Crippen molar-refractivity contribution in [2.45, 2.75) is 6.92 Å². The van der Waals surface area contributed by atoms with Gasteiger partial charge in [0.05, 0.1) is 6.20 Å². The number of aldehydes is 1. The van der Waals surface area contributed by atoms with Crippen LogP contribution in [0.1, 0.15) is 16.1 Å². The highest BCUT2D eigenvalue weighted by molar-refractivity contribution is 7.13. The van der Waals surface area contributed by atoms with Gasteiger partial charge in [0.2, 0.25) is 0 Å². The minimum atomic E-state index is 0.723. The number of aryl methyl sites for hydroxylation is 1. The normalized spacial score (nSPS) is 10.2. The fourth-order valence-electron chi connectivity index (χ4n) is 1.15. The quantitative estimate of drug-likeness (QED) is 0.742. The Kier molecular flexibility index (Phi) is 1.98. The van der Waals surface area contributed by atoms with Gasteiger partial charge in [0.1, 0.15) is 0 Å². The van der Waals surface area contributed by atoms with Crippen molar-refractivity contribution in [3.8, 4) is 10.4 Å². The Morgan fingerprint density at radius 1 is 1.62 bits per heavy atom. The molecule has 0 radical (unpaired) electrons. The largest absolute Gasteiger partial charge is 0.298 e. The molecular formula is C9H8N2OS. The Morgan fingerprint density at radius 3 is 3.00 bits per heavy atom. The first-order valence-corrected chi connectivity index (χ1v) is 4.73. The second-order valence-electron chi connectivity index (χ2n) is 2.77. The average Bonchev–Trinajstić information content (AvgIpc) is 2.71. The van der Waals surface area contributed by atoms with E-state index in [0.29, 0.717) is 0 Å². The molecule has 0 saturated heterocycles. The van der Waals surface area contributed by atoms with Crippen molar-refractivity contribution in [2.75, 3.05) is 0 Å². The van der Waals surface area contributed by atoms with Gasteiger partial charge < -0.3 is 0 Å². The number of aromatic amines is 1. The zero-order chi connectivity index (χ0) is 9.26. The third-order valence-electron chi connectivity index (χ3n) is 1.85. The van der Waals surface area contributed by atoms with Crippen LogP contribution in [0.3, 0.4) is 0 Å². The van der Waals surface area contributed by atoms with E-state index in [9.17, 15) is 4.79 Å². The predicted molar refractivity (Wildman–Crippen MR) is 52.0 cm³/mol. The molecule has 0 amide bonds. The zero-order valence-corrected chi connectivity index (χ0v) is 7.89. The Labute approximate surface area is 79.4 Å². The first-order valence-electron chi connectivity index (χ1n) is 3.85. The molecule has 13 heavy (non-hydrogen) atoms. The summed E-state index contributed by atoms with van der Waals surface area (Å²) in [5, 5.41) is 8.63. The molecule has 66 valence electrons. The van der Waals surface area contributed by atoms with E-state index in [1.807, 2.05) is 18.4 Å². The van der Waals surface area contributed by atoms with Crippen molar-refractivity contribution < 1.29 is 4.79 Å². The summed E-state index contributed by atoms with van der Waals surface area (Å²) in [5.41, 5.74) is 2.82. The molecule has 0 aliphatic rings. The van der Waals surface area contributed by atoms with Gasteiger partial charge in [0.25, 0.3) is 0 Å². The predicted octanol–water partition coefficient (Wildman–Crippen LogP) is 2.26. The summed E-state index contributed by atoms with van der Waals surface area (Å²) >= 11 is 1.55. The van der Waals surface area contributed by atoms with E-state index in [1.165, 1.54) is 0 Å². The molecule has 0 aromatic carbocycles. The number of nitrogens with one attached hydrogen (secondary N) is 1. The van der Waals surface area contributed by atoms with Gasteiger partial charge in [-0.25, -0.2) is 0 Å². The second-order valence-corrected chi connectivity index (χ2v) is 3.68. The van der Waals surface area contributed by atoms with Crippen LogP contribution in [-0.4, -0.2) is 16.5 Å². The highest BCUT2D eigenvalue weighted by Gasteiger charge is 2.06. The van der Waals surface area contributed by atoms with Crippen LogP contribution in [0.4, 0.5) is 0 Å². The fourth-order valence-corrected chi connectivity index (χ4v) is 2.08. The standard InChI is InChI=1S/C9H8N2OS/c1-6-8(3-10-11-6)9-2-7(4-12)5-13-9/h2-5H,1H3,(H,10,11). The SMILES string of the molecule is Cc1[nH]ncc1-c1cc(C=O)cs1. The molecule has 0 saturated carbocycles. The highest BCUT2D eigenvalue weighted by Crippen LogP contribution is 2.27. The maximum Gasteiger partial charge on any atom is 0.150 e. The molecule has 2 aromatic heterocycles. The van der Waals surface area contributed by atoms with Gasteiger partial charge in [-0.3, -0.25) is 9.89 Å². The molecule has 3 nitrogen and oxygen atoms in total. The van der Waals surface area contributed by atoms with Gasteiger partial charge in [-0.1, -0.05) is 0 Å². The summed E-state index contributed by atoms with van der Waals surface area (Å²) in [4.78, 5) is 11.5. The van der Waals surface area contributed by atoms with Crippen LogP contribution in [-0.2, 0) is 0 Å². The number of thiophene rings is 1. The molecule has 2 rings (SSSR count). The monoisotopic (exact) mass is 192 g/mol. The summed E-state index contributed by atoms with van der Waals surface area (Å²) < 4.78 is 0. The van der Waals surface area contributed by atoms with Gasteiger partial charge in [0, 0.05) is 27.1 Å². The molecule has 0 aliphatic heterocycles. The van der Waals surface area contributed by atoms with Gasteiger partial charge in [-0.15, -0.1) is 11.3 Å². The summed E-state index contributed by atoms with van der Waals surface area (Å²) in [5.74, 6) is 0.